The van der Waals surface area contributed by atoms with Crippen LogP contribution in [-0.2, 0) is 6.42 Å². The van der Waals surface area contributed by atoms with Crippen molar-refractivity contribution in [2.75, 3.05) is 0 Å². The molecule has 0 fully saturated rings. The van der Waals surface area contributed by atoms with Gasteiger partial charge in [-0.1, -0.05) is 37.3 Å². The first-order valence-corrected chi connectivity index (χ1v) is 8.85. The van der Waals surface area contributed by atoms with Gasteiger partial charge < -0.3 is 5.11 Å². The number of hydrogen-bond acceptors (Lipinski definition) is 4. The van der Waals surface area contributed by atoms with Crippen molar-refractivity contribution in [3.05, 3.63) is 87.6 Å². The number of hydrazone groups is 1. The Kier molecular flexibility index (Phi) is 5.26. The summed E-state index contributed by atoms with van der Waals surface area (Å²) >= 11 is 1.57. The molecule has 5 heteroatoms. The van der Waals surface area contributed by atoms with Gasteiger partial charge in [0.1, 0.15) is 5.75 Å². The lowest BCUT2D eigenvalue weighted by atomic mass is 10.0. The smallest absolute Gasteiger partial charge is 0.272 e. The van der Waals surface area contributed by atoms with E-state index in [1.54, 1.807) is 35.6 Å². The number of nitrogens with one attached hydrogen (secondary N) is 1. The second-order valence-corrected chi connectivity index (χ2v) is 6.47. The predicted molar refractivity (Wildman–Crippen MR) is 101 cm³/mol. The zero-order valence-electron chi connectivity index (χ0n) is 13.8. The number of benzene rings is 2. The van der Waals surface area contributed by atoms with Crippen molar-refractivity contribution in [3.63, 3.8) is 0 Å². The summed E-state index contributed by atoms with van der Waals surface area (Å²) in [6.07, 6.45) is 0.907. The molecule has 0 saturated heterocycles. The van der Waals surface area contributed by atoms with E-state index in [0.717, 1.165) is 22.4 Å². The number of nitrogens with zero attached hydrogens (tertiary/aromatic N) is 1. The third-order valence-corrected chi connectivity index (χ3v) is 4.80. The monoisotopic (exact) mass is 350 g/mol. The minimum absolute atomic E-state index is 0.186. The number of rotatable bonds is 5. The van der Waals surface area contributed by atoms with Gasteiger partial charge >= 0.3 is 0 Å². The van der Waals surface area contributed by atoms with Gasteiger partial charge in [0.25, 0.3) is 5.91 Å². The third kappa shape index (κ3) is 4.14. The SMILES string of the molecule is CCc1cc(C(=O)NN=C(c2ccccc2)c2ccc(O)cc2)cs1. The maximum Gasteiger partial charge on any atom is 0.272 e. The van der Waals surface area contributed by atoms with Crippen molar-refractivity contribution in [1.82, 2.24) is 5.43 Å². The van der Waals surface area contributed by atoms with Gasteiger partial charge in [0, 0.05) is 21.4 Å². The van der Waals surface area contributed by atoms with Gasteiger partial charge in [-0.25, -0.2) is 5.43 Å². The van der Waals surface area contributed by atoms with Crippen LogP contribution in [0.4, 0.5) is 0 Å². The minimum Gasteiger partial charge on any atom is -0.508 e. The molecule has 0 aliphatic rings. The lowest BCUT2D eigenvalue weighted by Crippen LogP contribution is -2.20. The van der Waals surface area contributed by atoms with Crippen LogP contribution in [-0.4, -0.2) is 16.7 Å². The Morgan fingerprint density at radius 2 is 1.72 bits per heavy atom. The van der Waals surface area contributed by atoms with E-state index in [2.05, 4.69) is 17.5 Å². The van der Waals surface area contributed by atoms with Gasteiger partial charge in [0.2, 0.25) is 0 Å². The summed E-state index contributed by atoms with van der Waals surface area (Å²) in [5, 5.41) is 15.7. The third-order valence-electron chi connectivity index (χ3n) is 3.72. The quantitative estimate of drug-likeness (QED) is 0.535. The molecular formula is C20H18N2O2S. The summed E-state index contributed by atoms with van der Waals surface area (Å²) < 4.78 is 0. The van der Waals surface area contributed by atoms with Crippen LogP contribution in [0.25, 0.3) is 0 Å². The molecule has 0 aliphatic heterocycles. The molecule has 3 rings (SSSR count). The van der Waals surface area contributed by atoms with Crippen molar-refractivity contribution >= 4 is 23.0 Å². The zero-order chi connectivity index (χ0) is 17.6. The highest BCUT2D eigenvalue weighted by Gasteiger charge is 2.11. The molecule has 1 amide bonds. The number of carbonyl (C=O) groups is 1. The molecule has 0 spiro atoms. The van der Waals surface area contributed by atoms with E-state index in [1.807, 2.05) is 41.8 Å². The second kappa shape index (κ2) is 7.77. The van der Waals surface area contributed by atoms with Crippen LogP contribution in [0.15, 0.2) is 71.1 Å². The van der Waals surface area contributed by atoms with Gasteiger partial charge in [-0.15, -0.1) is 11.3 Å². The molecule has 0 bridgehead atoms. The van der Waals surface area contributed by atoms with Gasteiger partial charge in [0.05, 0.1) is 11.3 Å². The molecule has 4 nitrogen and oxygen atoms in total. The van der Waals surface area contributed by atoms with E-state index in [9.17, 15) is 9.90 Å². The highest BCUT2D eigenvalue weighted by molar-refractivity contribution is 7.10. The van der Waals surface area contributed by atoms with E-state index < -0.39 is 0 Å². The summed E-state index contributed by atoms with van der Waals surface area (Å²) in [5.41, 5.74) is 5.59. The average molecular weight is 350 g/mol. The molecule has 1 aromatic heterocycles. The largest absolute Gasteiger partial charge is 0.508 e. The number of aryl methyl sites for hydroxylation is 1. The highest BCUT2D eigenvalue weighted by Crippen LogP contribution is 2.16. The first-order chi connectivity index (χ1) is 12.2. The Bertz CT molecular complexity index is 884. The van der Waals surface area contributed by atoms with E-state index in [4.69, 9.17) is 0 Å². The maximum absolute atomic E-state index is 12.3. The molecule has 0 unspecified atom stereocenters. The minimum atomic E-state index is -0.233. The Balaban J connectivity index is 1.89. The second-order valence-electron chi connectivity index (χ2n) is 5.47. The fourth-order valence-electron chi connectivity index (χ4n) is 2.37. The number of phenols is 1. The van der Waals surface area contributed by atoms with Crippen molar-refractivity contribution in [2.24, 2.45) is 5.10 Å². The normalized spacial score (nSPS) is 11.3. The predicted octanol–water partition coefficient (Wildman–Crippen LogP) is 4.20. The van der Waals surface area contributed by atoms with E-state index in [1.165, 1.54) is 0 Å². The number of thiophene rings is 1. The molecule has 0 saturated carbocycles. The van der Waals surface area contributed by atoms with Crippen LogP contribution in [0, 0.1) is 0 Å². The van der Waals surface area contributed by atoms with E-state index >= 15 is 0 Å². The molecular weight excluding hydrogens is 332 g/mol. The lowest BCUT2D eigenvalue weighted by Gasteiger charge is -2.08. The molecule has 3 aromatic rings. The standard InChI is InChI=1S/C20H18N2O2S/c1-2-18-12-16(13-25-18)20(24)22-21-19(14-6-4-3-5-7-14)15-8-10-17(23)11-9-15/h3-13,23H,2H2,1H3,(H,22,24). The fraction of sp³-hybridized carbons (Fsp3) is 0.100. The summed E-state index contributed by atoms with van der Waals surface area (Å²) in [4.78, 5) is 13.5. The number of hydrogen-bond donors (Lipinski definition) is 2. The van der Waals surface area contributed by atoms with Crippen LogP contribution < -0.4 is 5.43 Å². The molecule has 0 radical (unpaired) electrons. The van der Waals surface area contributed by atoms with Crippen molar-refractivity contribution in [2.45, 2.75) is 13.3 Å². The number of amides is 1. The highest BCUT2D eigenvalue weighted by atomic mass is 32.1. The molecule has 126 valence electrons. The molecule has 25 heavy (non-hydrogen) atoms. The molecule has 1 heterocycles. The van der Waals surface area contributed by atoms with Gasteiger partial charge in [0.15, 0.2) is 0 Å². The lowest BCUT2D eigenvalue weighted by molar-refractivity contribution is 0.0955. The number of phenolic OH excluding ortho intramolecular Hbond substituents is 1. The number of aromatic hydroxyl groups is 1. The van der Waals surface area contributed by atoms with Crippen LogP contribution in [0.5, 0.6) is 5.75 Å². The Labute approximate surface area is 150 Å². The molecule has 0 atom stereocenters. The topological polar surface area (TPSA) is 61.7 Å². The first-order valence-electron chi connectivity index (χ1n) is 7.97. The Morgan fingerprint density at radius 1 is 1.04 bits per heavy atom. The molecule has 0 aliphatic carbocycles. The van der Waals surface area contributed by atoms with Gasteiger partial charge in [-0.3, -0.25) is 4.79 Å². The summed E-state index contributed by atoms with van der Waals surface area (Å²) in [5.74, 6) is -0.0475. The van der Waals surface area contributed by atoms with Gasteiger partial charge in [-0.05, 0) is 36.8 Å². The summed E-state index contributed by atoms with van der Waals surface area (Å²) in [6.45, 7) is 2.06. The fourth-order valence-corrected chi connectivity index (χ4v) is 3.18. The van der Waals surface area contributed by atoms with Crippen LogP contribution in [0.2, 0.25) is 0 Å². The summed E-state index contributed by atoms with van der Waals surface area (Å²) in [7, 11) is 0. The summed E-state index contributed by atoms with van der Waals surface area (Å²) in [6, 6.07) is 18.2. The van der Waals surface area contributed by atoms with Crippen molar-refractivity contribution < 1.29 is 9.90 Å². The van der Waals surface area contributed by atoms with Crippen molar-refractivity contribution in [1.29, 1.82) is 0 Å². The maximum atomic E-state index is 12.3. The molecule has 2 N–H and O–H groups in total. The van der Waals surface area contributed by atoms with E-state index in [0.29, 0.717) is 11.3 Å². The van der Waals surface area contributed by atoms with Crippen molar-refractivity contribution in [3.8, 4) is 5.75 Å². The van der Waals surface area contributed by atoms with Crippen LogP contribution in [0.3, 0.4) is 0 Å². The van der Waals surface area contributed by atoms with Gasteiger partial charge in [-0.2, -0.15) is 5.10 Å². The molecule has 2 aromatic carbocycles. The zero-order valence-corrected chi connectivity index (χ0v) is 14.6. The Hall–Kier alpha value is -2.92. The first kappa shape index (κ1) is 16.9. The van der Waals surface area contributed by atoms with E-state index in [-0.39, 0.29) is 11.7 Å². The average Bonchev–Trinajstić information content (AvgIpc) is 3.13. The number of carbonyl (C=O) groups excluding carboxylic acids is 1. The van der Waals surface area contributed by atoms with Crippen LogP contribution >= 0.6 is 11.3 Å². The van der Waals surface area contributed by atoms with Crippen LogP contribution in [0.1, 0.15) is 33.3 Å². The Morgan fingerprint density at radius 3 is 2.36 bits per heavy atom.